The zero-order chi connectivity index (χ0) is 19.6. The first-order chi connectivity index (χ1) is 14.3. The van der Waals surface area contributed by atoms with Crippen molar-refractivity contribution in [2.75, 3.05) is 6.61 Å². The molecule has 0 radical (unpaired) electrons. The van der Waals surface area contributed by atoms with Crippen LogP contribution in [0.15, 0.2) is 67.1 Å². The Morgan fingerprint density at radius 2 is 1.79 bits per heavy atom. The maximum atomic E-state index is 5.73. The lowest BCUT2D eigenvalue weighted by Gasteiger charge is -2.06. The molecule has 7 nitrogen and oxygen atoms in total. The molecule has 5 rings (SSSR count). The first-order valence-electron chi connectivity index (χ1n) is 9.66. The highest BCUT2D eigenvalue weighted by molar-refractivity contribution is 5.89. The second-order valence-electron chi connectivity index (χ2n) is 6.72. The van der Waals surface area contributed by atoms with Crippen LogP contribution in [0.4, 0.5) is 0 Å². The van der Waals surface area contributed by atoms with Crippen molar-refractivity contribution in [2.45, 2.75) is 19.9 Å². The van der Waals surface area contributed by atoms with E-state index in [1.54, 1.807) is 10.8 Å². The molecule has 0 unspecified atom stereocenters. The van der Waals surface area contributed by atoms with Crippen LogP contribution in [-0.2, 0) is 13.0 Å². The summed E-state index contributed by atoms with van der Waals surface area (Å²) < 4.78 is 9.35. The van der Waals surface area contributed by atoms with E-state index in [2.05, 4.69) is 39.4 Å². The van der Waals surface area contributed by atoms with E-state index in [9.17, 15) is 0 Å². The van der Waals surface area contributed by atoms with Crippen molar-refractivity contribution in [3.05, 3.63) is 72.7 Å². The summed E-state index contributed by atoms with van der Waals surface area (Å²) in [7, 11) is 0. The second-order valence-corrected chi connectivity index (χ2v) is 6.72. The Labute approximate surface area is 167 Å². The fourth-order valence-corrected chi connectivity index (χ4v) is 3.46. The summed E-state index contributed by atoms with van der Waals surface area (Å²) >= 11 is 0. The number of para-hydroxylation sites is 1. The molecular formula is C22H20N6O. The lowest BCUT2D eigenvalue weighted by atomic mass is 10.1. The van der Waals surface area contributed by atoms with Gasteiger partial charge in [0.25, 0.3) is 0 Å². The highest BCUT2D eigenvalue weighted by Gasteiger charge is 2.15. The molecule has 0 spiro atoms. The standard InChI is InChI=1S/C22H20N6O/c1-2-29-19-11-7-6-10-17(19)20-25-22-18-14-24-27(21(18)23-15-28(22)26-20)13-12-16-8-4-3-5-9-16/h3-11,14-15H,2,12-13H2,1H3. The maximum Gasteiger partial charge on any atom is 0.185 e. The number of aryl methyl sites for hydroxylation is 2. The van der Waals surface area contributed by atoms with Crippen LogP contribution in [0.5, 0.6) is 5.75 Å². The van der Waals surface area contributed by atoms with Gasteiger partial charge in [0.1, 0.15) is 12.1 Å². The summed E-state index contributed by atoms with van der Waals surface area (Å²) in [6.45, 7) is 3.31. The Hall–Kier alpha value is -3.74. The predicted molar refractivity (Wildman–Crippen MR) is 111 cm³/mol. The lowest BCUT2D eigenvalue weighted by molar-refractivity contribution is 0.341. The number of ether oxygens (including phenoxy) is 1. The van der Waals surface area contributed by atoms with E-state index in [1.165, 1.54) is 5.56 Å². The smallest absolute Gasteiger partial charge is 0.185 e. The van der Waals surface area contributed by atoms with Crippen molar-refractivity contribution in [1.82, 2.24) is 29.4 Å². The van der Waals surface area contributed by atoms with Crippen LogP contribution in [0.3, 0.4) is 0 Å². The highest BCUT2D eigenvalue weighted by Crippen LogP contribution is 2.28. The maximum absolute atomic E-state index is 5.73. The van der Waals surface area contributed by atoms with Gasteiger partial charge < -0.3 is 4.74 Å². The number of nitrogens with zero attached hydrogens (tertiary/aromatic N) is 6. The van der Waals surface area contributed by atoms with Crippen molar-refractivity contribution < 1.29 is 4.74 Å². The van der Waals surface area contributed by atoms with Gasteiger partial charge in [0, 0.05) is 6.54 Å². The fourth-order valence-electron chi connectivity index (χ4n) is 3.46. The van der Waals surface area contributed by atoms with Crippen molar-refractivity contribution in [3.8, 4) is 17.1 Å². The fraction of sp³-hybridized carbons (Fsp3) is 0.182. The number of hydrogen-bond donors (Lipinski definition) is 0. The summed E-state index contributed by atoms with van der Waals surface area (Å²) in [6, 6.07) is 18.2. The normalized spacial score (nSPS) is 11.3. The van der Waals surface area contributed by atoms with Crippen molar-refractivity contribution in [1.29, 1.82) is 0 Å². The molecule has 2 aromatic carbocycles. The molecule has 7 heteroatoms. The van der Waals surface area contributed by atoms with Crippen LogP contribution in [0.2, 0.25) is 0 Å². The van der Waals surface area contributed by atoms with E-state index in [0.29, 0.717) is 12.4 Å². The second kappa shape index (κ2) is 7.35. The average molecular weight is 384 g/mol. The third-order valence-electron chi connectivity index (χ3n) is 4.86. The first kappa shape index (κ1) is 17.4. The highest BCUT2D eigenvalue weighted by atomic mass is 16.5. The predicted octanol–water partition coefficient (Wildman–Crippen LogP) is 3.78. The molecule has 0 aliphatic carbocycles. The van der Waals surface area contributed by atoms with Gasteiger partial charge in [0.2, 0.25) is 0 Å². The summed E-state index contributed by atoms with van der Waals surface area (Å²) in [6.07, 6.45) is 4.40. The van der Waals surface area contributed by atoms with Gasteiger partial charge in [0.05, 0.1) is 23.8 Å². The van der Waals surface area contributed by atoms with Gasteiger partial charge in [-0.1, -0.05) is 42.5 Å². The monoisotopic (exact) mass is 384 g/mol. The molecule has 3 aromatic heterocycles. The van der Waals surface area contributed by atoms with Crippen LogP contribution in [-0.4, -0.2) is 36.0 Å². The summed E-state index contributed by atoms with van der Waals surface area (Å²) in [5.41, 5.74) is 3.69. The number of aromatic nitrogens is 6. The Morgan fingerprint density at radius 1 is 0.966 bits per heavy atom. The Bertz CT molecular complexity index is 1270. The van der Waals surface area contributed by atoms with E-state index >= 15 is 0 Å². The first-order valence-corrected chi connectivity index (χ1v) is 9.66. The van der Waals surface area contributed by atoms with E-state index in [0.717, 1.165) is 41.0 Å². The van der Waals surface area contributed by atoms with Gasteiger partial charge in [-0.25, -0.2) is 19.2 Å². The summed E-state index contributed by atoms with van der Waals surface area (Å²) in [4.78, 5) is 9.34. The third-order valence-corrected chi connectivity index (χ3v) is 4.86. The van der Waals surface area contributed by atoms with Crippen molar-refractivity contribution in [2.24, 2.45) is 0 Å². The molecule has 0 bridgehead atoms. The van der Waals surface area contributed by atoms with Crippen molar-refractivity contribution in [3.63, 3.8) is 0 Å². The molecule has 0 amide bonds. The number of hydrogen-bond acceptors (Lipinski definition) is 5. The quantitative estimate of drug-likeness (QED) is 0.446. The van der Waals surface area contributed by atoms with E-state index in [1.807, 2.05) is 48.1 Å². The molecule has 5 aromatic rings. The summed E-state index contributed by atoms with van der Waals surface area (Å²) in [5.74, 6) is 1.38. The van der Waals surface area contributed by atoms with Gasteiger partial charge >= 0.3 is 0 Å². The molecule has 3 heterocycles. The lowest BCUT2D eigenvalue weighted by Crippen LogP contribution is -2.04. The van der Waals surface area contributed by atoms with Crippen LogP contribution in [0.1, 0.15) is 12.5 Å². The molecule has 144 valence electrons. The minimum absolute atomic E-state index is 0.588. The van der Waals surface area contributed by atoms with Crippen molar-refractivity contribution >= 4 is 16.7 Å². The number of rotatable bonds is 6. The number of fused-ring (bicyclic) bond motifs is 3. The largest absolute Gasteiger partial charge is 0.493 e. The van der Waals surface area contributed by atoms with Crippen LogP contribution in [0, 0.1) is 0 Å². The third kappa shape index (κ3) is 3.20. The zero-order valence-corrected chi connectivity index (χ0v) is 16.1. The van der Waals surface area contributed by atoms with Gasteiger partial charge in [-0.2, -0.15) is 5.10 Å². The van der Waals surface area contributed by atoms with Gasteiger partial charge in [-0.3, -0.25) is 0 Å². The number of benzene rings is 2. The molecule has 0 atom stereocenters. The topological polar surface area (TPSA) is 70.1 Å². The molecule has 0 fully saturated rings. The SMILES string of the molecule is CCOc1ccccc1-c1nc2c3cnn(CCc4ccccc4)c3ncn2n1. The average Bonchev–Trinajstić information content (AvgIpc) is 3.37. The molecule has 0 saturated heterocycles. The van der Waals surface area contributed by atoms with Crippen LogP contribution < -0.4 is 4.74 Å². The Morgan fingerprint density at radius 3 is 2.66 bits per heavy atom. The molecular weight excluding hydrogens is 364 g/mol. The molecule has 0 aliphatic rings. The van der Waals surface area contributed by atoms with Gasteiger partial charge in [-0.05, 0) is 31.0 Å². The Balaban J connectivity index is 1.52. The molecule has 0 N–H and O–H groups in total. The van der Waals surface area contributed by atoms with E-state index in [4.69, 9.17) is 9.72 Å². The van der Waals surface area contributed by atoms with E-state index in [-0.39, 0.29) is 0 Å². The van der Waals surface area contributed by atoms with Gasteiger partial charge in [0.15, 0.2) is 17.1 Å². The summed E-state index contributed by atoms with van der Waals surface area (Å²) in [5, 5.41) is 10.0. The van der Waals surface area contributed by atoms with Crippen LogP contribution >= 0.6 is 0 Å². The molecule has 0 aliphatic heterocycles. The minimum atomic E-state index is 0.588. The molecule has 29 heavy (non-hydrogen) atoms. The minimum Gasteiger partial charge on any atom is -0.493 e. The van der Waals surface area contributed by atoms with E-state index < -0.39 is 0 Å². The Kier molecular flexibility index (Phi) is 4.40. The van der Waals surface area contributed by atoms with Gasteiger partial charge in [-0.15, -0.1) is 5.10 Å². The molecule has 0 saturated carbocycles. The van der Waals surface area contributed by atoms with Crippen LogP contribution in [0.25, 0.3) is 28.1 Å². The zero-order valence-electron chi connectivity index (χ0n) is 16.1.